The molecule has 2 aromatic rings. The van der Waals surface area contributed by atoms with Crippen molar-refractivity contribution in [1.29, 1.82) is 5.26 Å². The molecule has 0 aliphatic rings. The summed E-state index contributed by atoms with van der Waals surface area (Å²) in [6.07, 6.45) is 2.52. The molecule has 1 amide bonds. The van der Waals surface area contributed by atoms with Crippen molar-refractivity contribution in [3.63, 3.8) is 0 Å². The van der Waals surface area contributed by atoms with Crippen LogP contribution in [-0.2, 0) is 9.53 Å². The molecular weight excluding hydrogens is 380 g/mol. The van der Waals surface area contributed by atoms with E-state index in [0.717, 1.165) is 0 Å². The quantitative estimate of drug-likeness (QED) is 0.709. The van der Waals surface area contributed by atoms with Crippen LogP contribution >= 0.6 is 11.3 Å². The number of anilines is 1. The van der Waals surface area contributed by atoms with Gasteiger partial charge in [-0.25, -0.2) is 4.79 Å². The molecule has 2 rings (SSSR count). The Morgan fingerprint density at radius 3 is 2.64 bits per heavy atom. The monoisotopic (exact) mass is 400 g/mol. The first-order valence-corrected chi connectivity index (χ1v) is 9.21. The Bertz CT molecular complexity index is 943. The number of esters is 1. The fourth-order valence-electron chi connectivity index (χ4n) is 2.40. The lowest BCUT2D eigenvalue weighted by Crippen LogP contribution is -2.30. The molecule has 0 aliphatic carbocycles. The Balaban J connectivity index is 2.18. The Morgan fingerprint density at radius 2 is 2.04 bits per heavy atom. The predicted octanol–water partition coefficient (Wildman–Crippen LogP) is 3.85. The Morgan fingerprint density at radius 1 is 1.29 bits per heavy atom. The van der Waals surface area contributed by atoms with Crippen molar-refractivity contribution < 1.29 is 23.8 Å². The van der Waals surface area contributed by atoms with E-state index < -0.39 is 18.0 Å². The van der Waals surface area contributed by atoms with Gasteiger partial charge in [0.25, 0.3) is 5.91 Å². The number of hydrogen-bond acceptors (Lipinski definition) is 7. The third-order valence-electron chi connectivity index (χ3n) is 3.76. The van der Waals surface area contributed by atoms with Crippen LogP contribution in [0, 0.1) is 11.3 Å². The Hall–Kier alpha value is -3.31. The number of amides is 1. The maximum Gasteiger partial charge on any atom is 0.339 e. The SMILES string of the molecule is C/C=C/c1cc(C(=O)O[C@@H](C)C(=O)Nc2sccc2C#N)cc(OC)c1OC. The molecule has 7 nitrogen and oxygen atoms in total. The van der Waals surface area contributed by atoms with Crippen molar-refractivity contribution in [2.75, 3.05) is 19.5 Å². The summed E-state index contributed by atoms with van der Waals surface area (Å²) >= 11 is 1.22. The van der Waals surface area contributed by atoms with Crippen LogP contribution in [-0.4, -0.2) is 32.2 Å². The van der Waals surface area contributed by atoms with Crippen molar-refractivity contribution >= 4 is 34.3 Å². The van der Waals surface area contributed by atoms with Gasteiger partial charge < -0.3 is 19.5 Å². The topological polar surface area (TPSA) is 97.7 Å². The number of methoxy groups -OCH3 is 2. The Labute approximate surface area is 167 Å². The number of benzene rings is 1. The maximum atomic E-state index is 12.5. The van der Waals surface area contributed by atoms with E-state index in [2.05, 4.69) is 5.32 Å². The molecule has 8 heteroatoms. The number of allylic oxidation sites excluding steroid dienone is 1. The summed E-state index contributed by atoms with van der Waals surface area (Å²) in [5, 5.41) is 13.7. The molecule has 0 radical (unpaired) electrons. The Kier molecular flexibility index (Phi) is 7.18. The molecule has 1 heterocycles. The van der Waals surface area contributed by atoms with Crippen molar-refractivity contribution in [3.05, 3.63) is 46.3 Å². The smallest absolute Gasteiger partial charge is 0.339 e. The molecule has 146 valence electrons. The highest BCUT2D eigenvalue weighted by Gasteiger charge is 2.22. The van der Waals surface area contributed by atoms with E-state index in [1.807, 2.05) is 13.0 Å². The second-order valence-electron chi connectivity index (χ2n) is 5.61. The summed E-state index contributed by atoms with van der Waals surface area (Å²) in [6.45, 7) is 3.30. The zero-order valence-electron chi connectivity index (χ0n) is 15.9. The van der Waals surface area contributed by atoms with Gasteiger partial charge in [-0.1, -0.05) is 12.2 Å². The molecule has 0 saturated heterocycles. The third-order valence-corrected chi connectivity index (χ3v) is 4.59. The van der Waals surface area contributed by atoms with Gasteiger partial charge in [0, 0.05) is 5.56 Å². The van der Waals surface area contributed by atoms with Crippen LogP contribution in [0.4, 0.5) is 5.00 Å². The van der Waals surface area contributed by atoms with E-state index in [0.29, 0.717) is 27.6 Å². The van der Waals surface area contributed by atoms with Crippen LogP contribution in [0.3, 0.4) is 0 Å². The van der Waals surface area contributed by atoms with Crippen LogP contribution in [0.25, 0.3) is 6.08 Å². The van der Waals surface area contributed by atoms with Gasteiger partial charge in [0.15, 0.2) is 17.6 Å². The molecule has 1 atom stereocenters. The summed E-state index contributed by atoms with van der Waals surface area (Å²) in [5.74, 6) is -0.341. The van der Waals surface area contributed by atoms with E-state index in [9.17, 15) is 9.59 Å². The fourth-order valence-corrected chi connectivity index (χ4v) is 3.15. The second-order valence-corrected chi connectivity index (χ2v) is 6.53. The molecule has 0 saturated carbocycles. The van der Waals surface area contributed by atoms with Gasteiger partial charge in [-0.15, -0.1) is 11.3 Å². The van der Waals surface area contributed by atoms with Gasteiger partial charge in [-0.3, -0.25) is 4.79 Å². The number of carbonyl (C=O) groups is 2. The van der Waals surface area contributed by atoms with Gasteiger partial charge >= 0.3 is 5.97 Å². The van der Waals surface area contributed by atoms with Gasteiger partial charge in [-0.05, 0) is 37.4 Å². The van der Waals surface area contributed by atoms with Gasteiger partial charge in [0.05, 0.1) is 25.3 Å². The van der Waals surface area contributed by atoms with Crippen molar-refractivity contribution in [3.8, 4) is 17.6 Å². The van der Waals surface area contributed by atoms with Crippen LogP contribution in [0.2, 0.25) is 0 Å². The lowest BCUT2D eigenvalue weighted by molar-refractivity contribution is -0.123. The fraction of sp³-hybridized carbons (Fsp3) is 0.250. The second kappa shape index (κ2) is 9.58. The minimum Gasteiger partial charge on any atom is -0.493 e. The van der Waals surface area contributed by atoms with Crippen LogP contribution in [0.1, 0.15) is 35.3 Å². The number of hydrogen-bond donors (Lipinski definition) is 1. The highest BCUT2D eigenvalue weighted by atomic mass is 32.1. The van der Waals surface area contributed by atoms with Gasteiger partial charge in [0.2, 0.25) is 0 Å². The lowest BCUT2D eigenvalue weighted by atomic mass is 10.1. The number of rotatable bonds is 7. The number of nitrogens with zero attached hydrogens (tertiary/aromatic N) is 1. The molecular formula is C20H20N2O5S. The summed E-state index contributed by atoms with van der Waals surface area (Å²) in [5.41, 5.74) is 1.22. The third kappa shape index (κ3) is 4.69. The van der Waals surface area contributed by atoms with E-state index in [-0.39, 0.29) is 5.56 Å². The normalized spacial score (nSPS) is 11.5. The minimum absolute atomic E-state index is 0.222. The van der Waals surface area contributed by atoms with E-state index in [1.165, 1.54) is 38.5 Å². The molecule has 0 spiro atoms. The van der Waals surface area contributed by atoms with Crippen LogP contribution in [0.15, 0.2) is 29.7 Å². The zero-order chi connectivity index (χ0) is 20.7. The van der Waals surface area contributed by atoms with Crippen molar-refractivity contribution in [2.24, 2.45) is 0 Å². The molecule has 1 aromatic carbocycles. The minimum atomic E-state index is -1.06. The van der Waals surface area contributed by atoms with E-state index in [4.69, 9.17) is 19.5 Å². The molecule has 1 N–H and O–H groups in total. The van der Waals surface area contributed by atoms with Crippen molar-refractivity contribution in [1.82, 2.24) is 0 Å². The largest absolute Gasteiger partial charge is 0.493 e. The van der Waals surface area contributed by atoms with E-state index in [1.54, 1.807) is 29.7 Å². The van der Waals surface area contributed by atoms with Gasteiger partial charge in [0.1, 0.15) is 11.1 Å². The lowest BCUT2D eigenvalue weighted by Gasteiger charge is -2.15. The summed E-state index contributed by atoms with van der Waals surface area (Å²) in [4.78, 5) is 24.8. The molecule has 0 unspecified atom stereocenters. The van der Waals surface area contributed by atoms with Gasteiger partial charge in [-0.2, -0.15) is 5.26 Å². The molecule has 0 fully saturated rings. The predicted molar refractivity (Wildman–Crippen MR) is 107 cm³/mol. The first-order chi connectivity index (χ1) is 13.4. The summed E-state index contributed by atoms with van der Waals surface area (Å²) in [6, 6.07) is 6.67. The molecule has 0 aliphatic heterocycles. The average Bonchev–Trinajstić information content (AvgIpc) is 3.14. The average molecular weight is 400 g/mol. The summed E-state index contributed by atoms with van der Waals surface area (Å²) in [7, 11) is 2.98. The summed E-state index contributed by atoms with van der Waals surface area (Å²) < 4.78 is 15.9. The maximum absolute atomic E-state index is 12.5. The highest BCUT2D eigenvalue weighted by molar-refractivity contribution is 7.14. The zero-order valence-corrected chi connectivity index (χ0v) is 16.8. The van der Waals surface area contributed by atoms with Crippen LogP contribution in [0.5, 0.6) is 11.5 Å². The standard InChI is InChI=1S/C20H20N2O5S/c1-5-6-13-9-15(10-16(25-3)17(13)26-4)20(24)27-12(2)18(23)22-19-14(11-21)7-8-28-19/h5-10,12H,1-4H3,(H,22,23)/b6-5+/t12-/m0/s1. The number of nitriles is 1. The molecule has 0 bridgehead atoms. The van der Waals surface area contributed by atoms with Crippen LogP contribution < -0.4 is 14.8 Å². The molecule has 1 aromatic heterocycles. The highest BCUT2D eigenvalue weighted by Crippen LogP contribution is 2.34. The van der Waals surface area contributed by atoms with E-state index >= 15 is 0 Å². The first-order valence-electron chi connectivity index (χ1n) is 8.33. The molecule has 28 heavy (non-hydrogen) atoms. The van der Waals surface area contributed by atoms with Crippen molar-refractivity contribution in [2.45, 2.75) is 20.0 Å². The number of carbonyl (C=O) groups excluding carboxylic acids is 2. The first kappa shape index (κ1) is 21.0. The number of thiophene rings is 1. The number of ether oxygens (including phenoxy) is 3. The number of nitrogens with one attached hydrogen (secondary N) is 1.